The molecule has 0 N–H and O–H groups in total. The number of benzene rings is 1. The Morgan fingerprint density at radius 2 is 1.50 bits per heavy atom. The lowest BCUT2D eigenvalue weighted by molar-refractivity contribution is -0.138. The quantitative estimate of drug-likeness (QED) is 0.425. The van der Waals surface area contributed by atoms with Crippen LogP contribution < -0.4 is 0 Å². The van der Waals surface area contributed by atoms with Gasteiger partial charge in [0.05, 0.1) is 5.56 Å². The highest BCUT2D eigenvalue weighted by Crippen LogP contribution is 2.34. The Morgan fingerprint density at radius 3 is 2.05 bits per heavy atom. The normalized spacial score (nSPS) is 12.1. The van der Waals surface area contributed by atoms with E-state index in [0.29, 0.717) is 12.0 Å². The lowest BCUT2D eigenvalue weighted by atomic mass is 9.94. The van der Waals surface area contributed by atoms with Gasteiger partial charge < -0.3 is 0 Å². The van der Waals surface area contributed by atoms with Gasteiger partial charge in [0.2, 0.25) is 0 Å². The van der Waals surface area contributed by atoms with E-state index in [4.69, 9.17) is 0 Å². The van der Waals surface area contributed by atoms with E-state index in [1.165, 1.54) is 31.7 Å². The highest BCUT2D eigenvalue weighted by Gasteiger charge is 2.33. The van der Waals surface area contributed by atoms with E-state index in [0.717, 1.165) is 24.8 Å². The SMILES string of the molecule is CCCCCCCCCc1ccc(C(C)C)cc1C(F)(F)F. The summed E-state index contributed by atoms with van der Waals surface area (Å²) in [5.41, 5.74) is 0.769. The van der Waals surface area contributed by atoms with E-state index in [-0.39, 0.29) is 5.92 Å². The number of alkyl halides is 3. The van der Waals surface area contributed by atoms with Crippen LogP contribution in [0.5, 0.6) is 0 Å². The molecule has 0 aromatic heterocycles. The van der Waals surface area contributed by atoms with Crippen molar-refractivity contribution in [3.63, 3.8) is 0 Å². The minimum Gasteiger partial charge on any atom is -0.166 e. The molecular formula is C19H29F3. The Kier molecular flexibility index (Phi) is 7.98. The van der Waals surface area contributed by atoms with Crippen molar-refractivity contribution in [2.24, 2.45) is 0 Å². The molecule has 1 aromatic rings. The predicted octanol–water partition coefficient (Wildman–Crippen LogP) is 7.12. The lowest BCUT2D eigenvalue weighted by Gasteiger charge is -2.16. The minimum atomic E-state index is -4.25. The molecule has 1 rings (SSSR count). The second kappa shape index (κ2) is 9.22. The van der Waals surface area contributed by atoms with Crippen molar-refractivity contribution in [2.75, 3.05) is 0 Å². The molecule has 0 spiro atoms. The lowest BCUT2D eigenvalue weighted by Crippen LogP contribution is -2.10. The third-order valence-corrected chi connectivity index (χ3v) is 4.16. The third-order valence-electron chi connectivity index (χ3n) is 4.16. The number of halogens is 3. The highest BCUT2D eigenvalue weighted by atomic mass is 19.4. The van der Waals surface area contributed by atoms with Gasteiger partial charge in [0, 0.05) is 0 Å². The second-order valence-electron chi connectivity index (χ2n) is 6.44. The minimum absolute atomic E-state index is 0.119. The predicted molar refractivity (Wildman–Crippen MR) is 87.2 cm³/mol. The van der Waals surface area contributed by atoms with Crippen molar-refractivity contribution in [1.82, 2.24) is 0 Å². The molecule has 0 fully saturated rings. The van der Waals surface area contributed by atoms with Crippen LogP contribution in [0.15, 0.2) is 18.2 Å². The van der Waals surface area contributed by atoms with Gasteiger partial charge in [-0.2, -0.15) is 13.2 Å². The maximum atomic E-state index is 13.2. The van der Waals surface area contributed by atoms with Crippen LogP contribution in [0.3, 0.4) is 0 Å². The van der Waals surface area contributed by atoms with Gasteiger partial charge in [-0.1, -0.05) is 71.4 Å². The maximum Gasteiger partial charge on any atom is 0.416 e. The molecule has 0 aliphatic rings. The first kappa shape index (κ1) is 19.1. The van der Waals surface area contributed by atoms with Gasteiger partial charge in [-0.3, -0.25) is 0 Å². The van der Waals surface area contributed by atoms with Gasteiger partial charge in [-0.25, -0.2) is 0 Å². The van der Waals surface area contributed by atoms with Crippen LogP contribution in [0.2, 0.25) is 0 Å². The van der Waals surface area contributed by atoms with Crippen LogP contribution in [0.4, 0.5) is 13.2 Å². The van der Waals surface area contributed by atoms with Crippen molar-refractivity contribution in [3.05, 3.63) is 34.9 Å². The van der Waals surface area contributed by atoms with Crippen LogP contribution in [-0.4, -0.2) is 0 Å². The van der Waals surface area contributed by atoms with Crippen LogP contribution in [0.25, 0.3) is 0 Å². The van der Waals surface area contributed by atoms with Gasteiger partial charge >= 0.3 is 6.18 Å². The average Bonchev–Trinajstić information content (AvgIpc) is 2.45. The topological polar surface area (TPSA) is 0 Å². The Labute approximate surface area is 133 Å². The molecule has 0 radical (unpaired) electrons. The molecule has 0 amide bonds. The summed E-state index contributed by atoms with van der Waals surface area (Å²) in [6.07, 6.45) is 4.20. The van der Waals surface area contributed by atoms with Gasteiger partial charge in [-0.15, -0.1) is 0 Å². The monoisotopic (exact) mass is 314 g/mol. The molecule has 0 aliphatic carbocycles. The summed E-state index contributed by atoms with van der Waals surface area (Å²) in [7, 11) is 0. The zero-order chi connectivity index (χ0) is 16.6. The number of unbranched alkanes of at least 4 members (excludes halogenated alkanes) is 6. The summed E-state index contributed by atoms with van der Waals surface area (Å²) < 4.78 is 39.6. The van der Waals surface area contributed by atoms with Gasteiger partial charge in [0.1, 0.15) is 0 Å². The molecule has 0 aliphatic heterocycles. The molecular weight excluding hydrogens is 285 g/mol. The molecule has 0 heterocycles. The smallest absolute Gasteiger partial charge is 0.166 e. The van der Waals surface area contributed by atoms with E-state index in [9.17, 15) is 13.2 Å². The first-order chi connectivity index (χ1) is 10.4. The molecule has 1 aromatic carbocycles. The molecule has 22 heavy (non-hydrogen) atoms. The molecule has 0 saturated carbocycles. The van der Waals surface area contributed by atoms with Crippen LogP contribution in [-0.2, 0) is 12.6 Å². The van der Waals surface area contributed by atoms with Gasteiger partial charge in [0.15, 0.2) is 0 Å². The fourth-order valence-electron chi connectivity index (χ4n) is 2.71. The molecule has 0 atom stereocenters. The molecule has 3 heteroatoms. The molecule has 0 bridgehead atoms. The number of rotatable bonds is 9. The number of aryl methyl sites for hydroxylation is 1. The van der Waals surface area contributed by atoms with E-state index in [1.54, 1.807) is 6.07 Å². The van der Waals surface area contributed by atoms with Gasteiger partial charge in [0.25, 0.3) is 0 Å². The Morgan fingerprint density at radius 1 is 0.909 bits per heavy atom. The molecule has 0 unspecified atom stereocenters. The summed E-state index contributed by atoms with van der Waals surface area (Å²) in [6, 6.07) is 4.85. The average molecular weight is 314 g/mol. The van der Waals surface area contributed by atoms with Crippen molar-refractivity contribution < 1.29 is 13.2 Å². The van der Waals surface area contributed by atoms with Crippen LogP contribution in [0.1, 0.15) is 88.3 Å². The number of hydrogen-bond acceptors (Lipinski definition) is 0. The standard InChI is InChI=1S/C19H29F3/c1-4-5-6-7-8-9-10-11-16-12-13-17(15(2)3)14-18(16)19(20,21)22/h12-15H,4-11H2,1-3H3. The Bertz CT molecular complexity index is 433. The Hall–Kier alpha value is -0.990. The van der Waals surface area contributed by atoms with E-state index in [1.807, 2.05) is 19.9 Å². The molecule has 0 saturated heterocycles. The fraction of sp³-hybridized carbons (Fsp3) is 0.684. The third kappa shape index (κ3) is 6.41. The molecule has 0 nitrogen and oxygen atoms in total. The van der Waals surface area contributed by atoms with Crippen molar-refractivity contribution >= 4 is 0 Å². The van der Waals surface area contributed by atoms with Gasteiger partial charge in [-0.05, 0) is 36.0 Å². The van der Waals surface area contributed by atoms with Crippen LogP contribution >= 0.6 is 0 Å². The Balaban J connectivity index is 2.58. The zero-order valence-corrected chi connectivity index (χ0v) is 14.1. The highest BCUT2D eigenvalue weighted by molar-refractivity contribution is 5.35. The molecule has 126 valence electrons. The summed E-state index contributed by atoms with van der Waals surface area (Å²) in [6.45, 7) is 6.02. The van der Waals surface area contributed by atoms with E-state index >= 15 is 0 Å². The van der Waals surface area contributed by atoms with Crippen molar-refractivity contribution in [2.45, 2.75) is 84.2 Å². The zero-order valence-electron chi connectivity index (χ0n) is 14.1. The maximum absolute atomic E-state index is 13.2. The van der Waals surface area contributed by atoms with Crippen molar-refractivity contribution in [3.8, 4) is 0 Å². The van der Waals surface area contributed by atoms with E-state index in [2.05, 4.69) is 6.92 Å². The summed E-state index contributed by atoms with van der Waals surface area (Å²) >= 11 is 0. The van der Waals surface area contributed by atoms with Crippen molar-refractivity contribution in [1.29, 1.82) is 0 Å². The van der Waals surface area contributed by atoms with Crippen LogP contribution in [0, 0.1) is 0 Å². The number of hydrogen-bond donors (Lipinski definition) is 0. The first-order valence-corrected chi connectivity index (χ1v) is 8.56. The van der Waals surface area contributed by atoms with E-state index < -0.39 is 11.7 Å². The first-order valence-electron chi connectivity index (χ1n) is 8.56. The largest absolute Gasteiger partial charge is 0.416 e. The summed E-state index contributed by atoms with van der Waals surface area (Å²) in [5.74, 6) is 0.119. The fourth-order valence-corrected chi connectivity index (χ4v) is 2.71. The summed E-state index contributed by atoms with van der Waals surface area (Å²) in [4.78, 5) is 0. The second-order valence-corrected chi connectivity index (χ2v) is 6.44. The summed E-state index contributed by atoms with van der Waals surface area (Å²) in [5, 5.41) is 0.